The van der Waals surface area contributed by atoms with Crippen LogP contribution in [0, 0.1) is 0 Å². The highest BCUT2D eigenvalue weighted by atomic mass is 32.2. The predicted molar refractivity (Wildman–Crippen MR) is 115 cm³/mol. The average molecular weight is 457 g/mol. The lowest BCUT2D eigenvalue weighted by Crippen LogP contribution is -2.12. The Morgan fingerprint density at radius 2 is 1.84 bits per heavy atom. The van der Waals surface area contributed by atoms with Crippen molar-refractivity contribution >= 4 is 48.4 Å². The first-order chi connectivity index (χ1) is 14.7. The van der Waals surface area contributed by atoms with Gasteiger partial charge in [-0.2, -0.15) is 5.10 Å². The smallest absolute Gasteiger partial charge is 0.364 e. The van der Waals surface area contributed by atoms with Gasteiger partial charge < -0.3 is 4.74 Å². The molecule has 0 bridgehead atoms. The van der Waals surface area contributed by atoms with Crippen molar-refractivity contribution in [2.45, 2.75) is 4.90 Å². The molecule has 0 aliphatic rings. The lowest BCUT2D eigenvalue weighted by Gasteiger charge is -2.04. The number of benzene rings is 2. The number of carbonyl (C=O) groups excluding carboxylic acids is 2. The molecule has 0 atom stereocenters. The Labute approximate surface area is 181 Å². The molecule has 9 nitrogen and oxygen atoms in total. The number of fused-ring (bicyclic) bond motifs is 1. The van der Waals surface area contributed by atoms with Crippen LogP contribution in [0.25, 0.3) is 10.2 Å². The van der Waals surface area contributed by atoms with Gasteiger partial charge in [0.1, 0.15) is 5.75 Å². The summed E-state index contributed by atoms with van der Waals surface area (Å²) in [5, 5.41) is 7.01. The van der Waals surface area contributed by atoms with Gasteiger partial charge in [-0.3, -0.25) is 14.8 Å². The van der Waals surface area contributed by atoms with Crippen molar-refractivity contribution in [1.82, 2.24) is 14.8 Å². The molecule has 2 aromatic heterocycles. The fraction of sp³-hybridized carbons (Fsp3) is 0.100. The van der Waals surface area contributed by atoms with E-state index in [-0.39, 0.29) is 16.3 Å². The van der Waals surface area contributed by atoms with Crippen LogP contribution in [-0.2, 0) is 16.9 Å². The molecule has 0 aliphatic carbocycles. The number of carbonyl (C=O) groups is 2. The highest BCUT2D eigenvalue weighted by molar-refractivity contribution is 7.90. The van der Waals surface area contributed by atoms with Crippen molar-refractivity contribution in [3.8, 4) is 5.75 Å². The molecule has 0 fully saturated rings. The Bertz CT molecular complexity index is 1410. The molecule has 158 valence electrons. The number of ether oxygens (including phenoxy) is 1. The molecule has 4 aromatic rings. The average Bonchev–Trinajstić information content (AvgIpc) is 3.32. The number of esters is 1. The van der Waals surface area contributed by atoms with Gasteiger partial charge >= 0.3 is 5.97 Å². The van der Waals surface area contributed by atoms with Gasteiger partial charge in [0.15, 0.2) is 20.7 Å². The van der Waals surface area contributed by atoms with E-state index in [1.807, 2.05) is 0 Å². The maximum atomic E-state index is 12.5. The first-order valence-corrected chi connectivity index (χ1v) is 11.6. The lowest BCUT2D eigenvalue weighted by molar-refractivity contribution is 0.0727. The van der Waals surface area contributed by atoms with E-state index in [2.05, 4.69) is 15.4 Å². The number of anilines is 1. The zero-order valence-corrected chi connectivity index (χ0v) is 18.0. The summed E-state index contributed by atoms with van der Waals surface area (Å²) in [5.74, 6) is -0.716. The minimum absolute atomic E-state index is 0.180. The van der Waals surface area contributed by atoms with Crippen molar-refractivity contribution in [2.24, 2.45) is 7.05 Å². The molecule has 0 radical (unpaired) electrons. The fourth-order valence-corrected chi connectivity index (χ4v) is 4.34. The summed E-state index contributed by atoms with van der Waals surface area (Å²) in [7, 11) is -1.64. The molecule has 0 spiro atoms. The molecule has 0 unspecified atom stereocenters. The highest BCUT2D eigenvalue weighted by Gasteiger charge is 2.15. The molecule has 4 rings (SSSR count). The molecule has 1 amide bonds. The third-order valence-corrected chi connectivity index (χ3v) is 6.30. The summed E-state index contributed by atoms with van der Waals surface area (Å²) in [5.41, 5.74) is 1.11. The number of nitrogens with one attached hydrogen (secondary N) is 1. The molecule has 0 saturated heterocycles. The second-order valence-electron chi connectivity index (χ2n) is 6.66. The van der Waals surface area contributed by atoms with Crippen LogP contribution < -0.4 is 10.1 Å². The van der Waals surface area contributed by atoms with Crippen LogP contribution in [0.4, 0.5) is 5.13 Å². The Kier molecular flexibility index (Phi) is 5.29. The normalized spacial score (nSPS) is 11.4. The molecule has 2 heterocycles. The summed E-state index contributed by atoms with van der Waals surface area (Å²) in [4.78, 5) is 29.0. The molecule has 31 heavy (non-hydrogen) atoms. The van der Waals surface area contributed by atoms with Gasteiger partial charge in [-0.15, -0.1) is 0 Å². The minimum Gasteiger partial charge on any atom is -0.422 e. The number of rotatable bonds is 5. The van der Waals surface area contributed by atoms with Crippen LogP contribution in [0.1, 0.15) is 20.8 Å². The molecule has 2 aromatic carbocycles. The van der Waals surface area contributed by atoms with E-state index in [1.54, 1.807) is 25.4 Å². The maximum absolute atomic E-state index is 12.5. The molecular formula is C20H16N4O5S2. The number of sulfone groups is 1. The summed E-state index contributed by atoms with van der Waals surface area (Å²) < 4.78 is 30.8. The Balaban J connectivity index is 1.45. The summed E-state index contributed by atoms with van der Waals surface area (Å²) in [6.45, 7) is 0. The molecular weight excluding hydrogens is 440 g/mol. The summed E-state index contributed by atoms with van der Waals surface area (Å²) >= 11 is 1.18. The number of aromatic nitrogens is 3. The number of hydrogen-bond acceptors (Lipinski definition) is 8. The first kappa shape index (κ1) is 20.7. The van der Waals surface area contributed by atoms with Crippen LogP contribution in [0.2, 0.25) is 0 Å². The third kappa shape index (κ3) is 4.62. The standard InChI is InChI=1S/C20H16N4O5S2/c1-24-10-9-16(23-24)19(26)29-13-5-3-12(4-6-13)18(25)22-20-21-15-8-7-14(31(2,27)28)11-17(15)30-20/h3-11H,1-2H3,(H,21,22,25). The fourth-order valence-electron chi connectivity index (χ4n) is 2.72. The second kappa shape index (κ2) is 7.93. The summed E-state index contributed by atoms with van der Waals surface area (Å²) in [6, 6.07) is 12.2. The number of nitrogens with zero attached hydrogens (tertiary/aromatic N) is 3. The Morgan fingerprint density at radius 1 is 1.10 bits per heavy atom. The maximum Gasteiger partial charge on any atom is 0.364 e. The van der Waals surface area contributed by atoms with Gasteiger partial charge in [0.2, 0.25) is 0 Å². The number of thiazole rings is 1. The van der Waals surface area contributed by atoms with Gasteiger partial charge in [0.25, 0.3) is 5.91 Å². The molecule has 11 heteroatoms. The van der Waals surface area contributed by atoms with Gasteiger partial charge in [0.05, 0.1) is 15.1 Å². The van der Waals surface area contributed by atoms with Gasteiger partial charge in [0, 0.05) is 25.1 Å². The predicted octanol–water partition coefficient (Wildman–Crippen LogP) is 2.90. The molecule has 1 N–H and O–H groups in total. The topological polar surface area (TPSA) is 120 Å². The van der Waals surface area contributed by atoms with Gasteiger partial charge in [-0.1, -0.05) is 11.3 Å². The Hall–Kier alpha value is -3.57. The monoisotopic (exact) mass is 456 g/mol. The van der Waals surface area contributed by atoms with E-state index in [0.29, 0.717) is 20.9 Å². The van der Waals surface area contributed by atoms with E-state index >= 15 is 0 Å². The highest BCUT2D eigenvalue weighted by Crippen LogP contribution is 2.28. The SMILES string of the molecule is Cn1ccc(C(=O)Oc2ccc(C(=O)Nc3nc4ccc(S(C)(=O)=O)cc4s3)cc2)n1. The number of aryl methyl sites for hydroxylation is 1. The quantitative estimate of drug-likeness (QED) is 0.362. The van der Waals surface area contributed by atoms with E-state index in [4.69, 9.17) is 4.74 Å². The molecule has 0 aliphatic heterocycles. The zero-order valence-electron chi connectivity index (χ0n) is 16.4. The van der Waals surface area contributed by atoms with Crippen molar-refractivity contribution < 1.29 is 22.7 Å². The van der Waals surface area contributed by atoms with E-state index in [0.717, 1.165) is 6.26 Å². The molecule has 0 saturated carbocycles. The van der Waals surface area contributed by atoms with E-state index < -0.39 is 21.7 Å². The van der Waals surface area contributed by atoms with Crippen LogP contribution in [0.3, 0.4) is 0 Å². The van der Waals surface area contributed by atoms with Crippen molar-refractivity contribution in [3.05, 3.63) is 66.0 Å². The van der Waals surface area contributed by atoms with Crippen LogP contribution in [0.15, 0.2) is 59.6 Å². The number of hydrogen-bond donors (Lipinski definition) is 1. The second-order valence-corrected chi connectivity index (χ2v) is 9.71. The Morgan fingerprint density at radius 3 is 2.48 bits per heavy atom. The van der Waals surface area contributed by atoms with E-state index in [1.165, 1.54) is 52.4 Å². The van der Waals surface area contributed by atoms with Crippen molar-refractivity contribution in [1.29, 1.82) is 0 Å². The van der Waals surface area contributed by atoms with Crippen LogP contribution >= 0.6 is 11.3 Å². The first-order valence-electron chi connectivity index (χ1n) is 8.93. The van der Waals surface area contributed by atoms with Gasteiger partial charge in [-0.05, 0) is 48.5 Å². The largest absolute Gasteiger partial charge is 0.422 e. The zero-order chi connectivity index (χ0) is 22.2. The number of amides is 1. The van der Waals surface area contributed by atoms with Crippen molar-refractivity contribution in [2.75, 3.05) is 11.6 Å². The lowest BCUT2D eigenvalue weighted by atomic mass is 10.2. The van der Waals surface area contributed by atoms with Crippen molar-refractivity contribution in [3.63, 3.8) is 0 Å². The summed E-state index contributed by atoms with van der Waals surface area (Å²) in [6.07, 6.45) is 2.77. The van der Waals surface area contributed by atoms with Crippen LogP contribution in [-0.4, -0.2) is 41.3 Å². The van der Waals surface area contributed by atoms with Crippen LogP contribution in [0.5, 0.6) is 5.75 Å². The minimum atomic E-state index is -3.33. The van der Waals surface area contributed by atoms with E-state index in [9.17, 15) is 18.0 Å². The van der Waals surface area contributed by atoms with Gasteiger partial charge in [-0.25, -0.2) is 18.2 Å². The third-order valence-electron chi connectivity index (χ3n) is 4.26.